The Hall–Kier alpha value is -0.235. The first-order valence-electron chi connectivity index (χ1n) is 3.67. The molecule has 0 radical (unpaired) electrons. The first-order chi connectivity index (χ1) is 5.60. The molecular weight excluding hydrogens is 206 g/mol. The van der Waals surface area contributed by atoms with Gasteiger partial charge in [0.2, 0.25) is 0 Å². The summed E-state index contributed by atoms with van der Waals surface area (Å²) in [6.45, 7) is -4.95. The molecular formula is C5H12BF3NO2S-. The molecule has 0 heterocycles. The van der Waals surface area contributed by atoms with E-state index in [0.717, 1.165) is 11.2 Å². The molecule has 0 unspecified atom stereocenters. The van der Waals surface area contributed by atoms with Crippen LogP contribution in [0.5, 0.6) is 0 Å². The van der Waals surface area contributed by atoms with Crippen LogP contribution in [0, 0.1) is 0 Å². The van der Waals surface area contributed by atoms with E-state index in [9.17, 15) is 21.4 Å². The van der Waals surface area contributed by atoms with Gasteiger partial charge >= 0.3 is 6.98 Å². The van der Waals surface area contributed by atoms with Crippen LogP contribution in [0.25, 0.3) is 0 Å². The molecule has 0 aromatic carbocycles. The lowest BCUT2D eigenvalue weighted by Gasteiger charge is -2.22. The standard InChI is InChI=1S/C5H12BF3NO2S/c1-10(5-6(7,8)9)3-4-13(2,11)12/h3-5H2,1-2H3/q-1. The number of halogens is 3. The van der Waals surface area contributed by atoms with Gasteiger partial charge in [0.05, 0.1) is 5.75 Å². The van der Waals surface area contributed by atoms with Crippen LogP contribution in [0.15, 0.2) is 0 Å². The van der Waals surface area contributed by atoms with Crippen LogP contribution in [-0.4, -0.2) is 52.3 Å². The topological polar surface area (TPSA) is 37.4 Å². The molecule has 0 aliphatic heterocycles. The molecule has 80 valence electrons. The zero-order chi connectivity index (χ0) is 10.7. The minimum Gasteiger partial charge on any atom is -0.448 e. The van der Waals surface area contributed by atoms with Crippen LogP contribution in [0.3, 0.4) is 0 Å². The number of hydrogen-bond acceptors (Lipinski definition) is 3. The van der Waals surface area contributed by atoms with E-state index in [1.165, 1.54) is 7.05 Å². The van der Waals surface area contributed by atoms with Crippen molar-refractivity contribution in [1.82, 2.24) is 4.90 Å². The third-order valence-corrected chi connectivity index (χ3v) is 2.29. The van der Waals surface area contributed by atoms with Gasteiger partial charge in [-0.25, -0.2) is 8.42 Å². The third kappa shape index (κ3) is 9.68. The minimum atomic E-state index is -4.86. The molecule has 0 aliphatic carbocycles. The van der Waals surface area contributed by atoms with E-state index in [4.69, 9.17) is 0 Å². The van der Waals surface area contributed by atoms with Crippen molar-refractivity contribution in [2.24, 2.45) is 0 Å². The van der Waals surface area contributed by atoms with Gasteiger partial charge in [0, 0.05) is 12.8 Å². The zero-order valence-electron chi connectivity index (χ0n) is 7.50. The molecule has 0 N–H and O–H groups in total. The summed E-state index contributed by atoms with van der Waals surface area (Å²) in [6, 6.07) is 0. The summed E-state index contributed by atoms with van der Waals surface area (Å²) in [5, 5.41) is 0. The Bertz CT molecular complexity index is 251. The van der Waals surface area contributed by atoms with Gasteiger partial charge in [0.15, 0.2) is 0 Å². The molecule has 0 aliphatic rings. The van der Waals surface area contributed by atoms with Crippen LogP contribution in [0.2, 0.25) is 0 Å². The summed E-state index contributed by atoms with van der Waals surface area (Å²) in [6.07, 6.45) is -0.0188. The average Bonchev–Trinajstić information content (AvgIpc) is 1.78. The highest BCUT2D eigenvalue weighted by Gasteiger charge is 2.24. The molecule has 8 heteroatoms. The Kier molecular flexibility index (Phi) is 4.24. The second-order valence-corrected chi connectivity index (χ2v) is 5.36. The third-order valence-electron chi connectivity index (χ3n) is 1.36. The fourth-order valence-corrected chi connectivity index (χ4v) is 1.41. The number of rotatable bonds is 5. The fraction of sp³-hybridized carbons (Fsp3) is 1.00. The molecule has 0 spiro atoms. The van der Waals surface area contributed by atoms with Crippen molar-refractivity contribution in [3.8, 4) is 0 Å². The first kappa shape index (κ1) is 12.8. The van der Waals surface area contributed by atoms with E-state index >= 15 is 0 Å². The smallest absolute Gasteiger partial charge is 0.448 e. The molecule has 13 heavy (non-hydrogen) atoms. The van der Waals surface area contributed by atoms with Crippen molar-refractivity contribution in [3.05, 3.63) is 0 Å². The summed E-state index contributed by atoms with van der Waals surface area (Å²) in [4.78, 5) is 0.959. The van der Waals surface area contributed by atoms with Gasteiger partial charge < -0.3 is 17.8 Å². The Labute approximate surface area is 75.9 Å². The maximum absolute atomic E-state index is 11.8. The molecule has 3 nitrogen and oxygen atoms in total. The summed E-state index contributed by atoms with van der Waals surface area (Å²) < 4.78 is 56.6. The summed E-state index contributed by atoms with van der Waals surface area (Å²) in [7, 11) is -1.93. The predicted octanol–water partition coefficient (Wildman–Crippen LogP) is 0.349. The summed E-state index contributed by atoms with van der Waals surface area (Å²) in [5.41, 5.74) is 0. The number of hydrogen-bond donors (Lipinski definition) is 0. The van der Waals surface area contributed by atoms with E-state index in [2.05, 4.69) is 0 Å². The molecule has 0 fully saturated rings. The van der Waals surface area contributed by atoms with E-state index in [1.54, 1.807) is 0 Å². The van der Waals surface area contributed by atoms with Gasteiger partial charge in [0.25, 0.3) is 0 Å². The largest absolute Gasteiger partial charge is 0.492 e. The maximum atomic E-state index is 11.8. The molecule has 0 aromatic rings. The average molecular weight is 218 g/mol. The number of sulfone groups is 1. The van der Waals surface area contributed by atoms with Crippen molar-refractivity contribution in [1.29, 1.82) is 0 Å². The molecule has 0 saturated carbocycles. The van der Waals surface area contributed by atoms with E-state index in [1.807, 2.05) is 0 Å². The minimum absolute atomic E-state index is 0.0832. The highest BCUT2D eigenvalue weighted by Crippen LogP contribution is 2.08. The van der Waals surface area contributed by atoms with Crippen LogP contribution in [-0.2, 0) is 9.84 Å². The van der Waals surface area contributed by atoms with Crippen molar-refractivity contribution in [2.75, 3.05) is 32.0 Å². The molecule has 0 bridgehead atoms. The second-order valence-electron chi connectivity index (χ2n) is 3.10. The number of nitrogens with zero attached hydrogens (tertiary/aromatic N) is 1. The van der Waals surface area contributed by atoms with Crippen LogP contribution in [0.4, 0.5) is 12.9 Å². The monoisotopic (exact) mass is 218 g/mol. The van der Waals surface area contributed by atoms with E-state index < -0.39 is 23.3 Å². The normalized spacial score (nSPS) is 13.7. The van der Waals surface area contributed by atoms with Crippen LogP contribution >= 0.6 is 0 Å². The quantitative estimate of drug-likeness (QED) is 0.625. The van der Waals surface area contributed by atoms with Gasteiger partial charge in [0.1, 0.15) is 9.84 Å². The van der Waals surface area contributed by atoms with Crippen molar-refractivity contribution >= 4 is 16.8 Å². The zero-order valence-corrected chi connectivity index (χ0v) is 8.32. The lowest BCUT2D eigenvalue weighted by molar-refractivity contribution is 0.342. The van der Waals surface area contributed by atoms with Gasteiger partial charge in [-0.15, -0.1) is 0 Å². The SMILES string of the molecule is CN(CCS(C)(=O)=O)C[B-](F)(F)F. The summed E-state index contributed by atoms with van der Waals surface area (Å²) >= 11 is 0. The fourth-order valence-electron chi connectivity index (χ4n) is 0.766. The van der Waals surface area contributed by atoms with Gasteiger partial charge in [-0.2, -0.15) is 0 Å². The van der Waals surface area contributed by atoms with Crippen molar-refractivity contribution < 1.29 is 21.4 Å². The molecule has 0 aromatic heterocycles. The summed E-state index contributed by atoms with van der Waals surface area (Å²) in [5.74, 6) is -0.240. The van der Waals surface area contributed by atoms with Crippen molar-refractivity contribution in [2.45, 2.75) is 0 Å². The molecule has 0 saturated heterocycles. The highest BCUT2D eigenvalue weighted by molar-refractivity contribution is 7.90. The van der Waals surface area contributed by atoms with E-state index in [0.29, 0.717) is 0 Å². The van der Waals surface area contributed by atoms with Crippen LogP contribution < -0.4 is 0 Å². The highest BCUT2D eigenvalue weighted by atomic mass is 32.2. The molecule has 0 rings (SSSR count). The first-order valence-corrected chi connectivity index (χ1v) is 5.73. The Morgan fingerprint density at radius 1 is 1.31 bits per heavy atom. The molecule has 0 amide bonds. The molecule has 0 atom stereocenters. The predicted molar refractivity (Wildman–Crippen MR) is 46.3 cm³/mol. The van der Waals surface area contributed by atoms with E-state index in [-0.39, 0.29) is 12.3 Å². The second kappa shape index (κ2) is 4.32. The van der Waals surface area contributed by atoms with Crippen LogP contribution in [0.1, 0.15) is 0 Å². The van der Waals surface area contributed by atoms with Gasteiger partial charge in [-0.1, -0.05) is 0 Å². The Morgan fingerprint density at radius 3 is 2.08 bits per heavy atom. The maximum Gasteiger partial charge on any atom is 0.492 e. The van der Waals surface area contributed by atoms with Crippen molar-refractivity contribution in [3.63, 3.8) is 0 Å². The van der Waals surface area contributed by atoms with Gasteiger partial charge in [-0.05, 0) is 13.5 Å². The Morgan fingerprint density at radius 2 is 1.77 bits per heavy atom. The Balaban J connectivity index is 3.84. The lowest BCUT2D eigenvalue weighted by Crippen LogP contribution is -2.37. The van der Waals surface area contributed by atoms with Gasteiger partial charge in [-0.3, -0.25) is 0 Å². The lowest BCUT2D eigenvalue weighted by atomic mass is 9.91.